The molecule has 0 saturated heterocycles. The van der Waals surface area contributed by atoms with Crippen LogP contribution in [0.15, 0.2) is 110 Å². The van der Waals surface area contributed by atoms with Gasteiger partial charge in [-0.2, -0.15) is 0 Å². The fraction of sp³-hybridized carbons (Fsp3) is 0.182. The third kappa shape index (κ3) is 7.17. The lowest BCUT2D eigenvalue weighted by Gasteiger charge is -2.19. The number of ether oxygens (including phenoxy) is 1. The lowest BCUT2D eigenvalue weighted by molar-refractivity contribution is 0.0523. The maximum Gasteiger partial charge on any atom is 0.407 e. The molecule has 208 valence electrons. The van der Waals surface area contributed by atoms with Crippen LogP contribution in [-0.2, 0) is 17.8 Å². The molecule has 1 amide bonds. The van der Waals surface area contributed by atoms with Crippen LogP contribution in [0, 0.1) is 0 Å². The highest BCUT2D eigenvalue weighted by Gasteiger charge is 2.15. The van der Waals surface area contributed by atoms with Crippen LogP contribution in [0.5, 0.6) is 0 Å². The second-order valence-corrected chi connectivity index (χ2v) is 10.6. The molecule has 4 aromatic heterocycles. The van der Waals surface area contributed by atoms with Gasteiger partial charge in [0.2, 0.25) is 0 Å². The Balaban J connectivity index is 0.000000174. The second kappa shape index (κ2) is 12.1. The summed E-state index contributed by atoms with van der Waals surface area (Å²) in [5.41, 5.74) is 13.2. The van der Waals surface area contributed by atoms with Crippen molar-refractivity contribution in [2.45, 2.75) is 39.5 Å². The molecule has 0 atom stereocenters. The van der Waals surface area contributed by atoms with Crippen LogP contribution in [0.2, 0.25) is 0 Å². The molecular formula is C33H34N6O2. The highest BCUT2D eigenvalue weighted by Crippen LogP contribution is 2.21. The van der Waals surface area contributed by atoms with Crippen molar-refractivity contribution in [3.8, 4) is 22.5 Å². The minimum Gasteiger partial charge on any atom is -0.444 e. The minimum absolute atomic E-state index is 0.410. The first-order chi connectivity index (χ1) is 19.8. The number of hydrogen-bond acceptors (Lipinski definition) is 5. The molecule has 6 aromatic rings. The third-order valence-corrected chi connectivity index (χ3v) is 6.30. The molecule has 4 heterocycles. The zero-order valence-electron chi connectivity index (χ0n) is 23.5. The molecule has 0 unspecified atom stereocenters. The van der Waals surface area contributed by atoms with Crippen LogP contribution in [0.1, 0.15) is 31.9 Å². The van der Waals surface area contributed by atoms with Crippen LogP contribution in [-0.4, -0.2) is 30.5 Å². The Morgan fingerprint density at radius 3 is 1.68 bits per heavy atom. The molecule has 6 rings (SSSR count). The van der Waals surface area contributed by atoms with Crippen molar-refractivity contribution in [1.29, 1.82) is 0 Å². The van der Waals surface area contributed by atoms with E-state index in [1.54, 1.807) is 0 Å². The minimum atomic E-state index is -0.489. The van der Waals surface area contributed by atoms with Gasteiger partial charge in [-0.25, -0.2) is 14.8 Å². The van der Waals surface area contributed by atoms with E-state index < -0.39 is 11.7 Å². The van der Waals surface area contributed by atoms with Gasteiger partial charge in [0.25, 0.3) is 0 Å². The number of carbonyl (C=O) groups is 1. The van der Waals surface area contributed by atoms with Crippen molar-refractivity contribution >= 4 is 17.4 Å². The molecule has 0 bridgehead atoms. The number of pyridine rings is 2. The van der Waals surface area contributed by atoms with Gasteiger partial charge in [-0.1, -0.05) is 60.7 Å². The molecule has 41 heavy (non-hydrogen) atoms. The summed E-state index contributed by atoms with van der Waals surface area (Å²) in [4.78, 5) is 20.8. The molecule has 0 saturated carbocycles. The molecular weight excluding hydrogens is 512 g/mol. The number of aromatic nitrogens is 4. The smallest absolute Gasteiger partial charge is 0.407 e. The molecule has 0 aliphatic heterocycles. The molecule has 0 radical (unpaired) electrons. The number of carbonyl (C=O) groups excluding carboxylic acids is 1. The summed E-state index contributed by atoms with van der Waals surface area (Å²) in [6, 6.07) is 28.1. The van der Waals surface area contributed by atoms with E-state index >= 15 is 0 Å². The van der Waals surface area contributed by atoms with E-state index in [9.17, 15) is 4.79 Å². The first-order valence-electron chi connectivity index (χ1n) is 13.5. The molecule has 3 N–H and O–H groups in total. The summed E-state index contributed by atoms with van der Waals surface area (Å²) in [5.74, 6) is 0. The van der Waals surface area contributed by atoms with E-state index in [0.717, 1.165) is 44.9 Å². The molecule has 0 fully saturated rings. The Bertz CT molecular complexity index is 1680. The van der Waals surface area contributed by atoms with Gasteiger partial charge in [-0.15, -0.1) is 0 Å². The molecule has 0 aliphatic rings. The fourth-order valence-corrected chi connectivity index (χ4v) is 4.24. The van der Waals surface area contributed by atoms with Crippen molar-refractivity contribution in [1.82, 2.24) is 24.1 Å². The SMILES string of the molecule is CC(C)(C)OC(=O)NCc1ccc(-c2cn3ccccc3n2)cc1.NCc1ccc(-c2cn3ccccc3n2)cc1. The lowest BCUT2D eigenvalue weighted by Crippen LogP contribution is -2.32. The number of fused-ring (bicyclic) bond motifs is 2. The third-order valence-electron chi connectivity index (χ3n) is 6.30. The summed E-state index contributed by atoms with van der Waals surface area (Å²) in [5, 5.41) is 2.76. The van der Waals surface area contributed by atoms with E-state index in [0.29, 0.717) is 13.1 Å². The maximum atomic E-state index is 11.7. The van der Waals surface area contributed by atoms with Crippen molar-refractivity contribution in [3.05, 3.63) is 121 Å². The summed E-state index contributed by atoms with van der Waals surface area (Å²) < 4.78 is 9.24. The molecule has 0 aliphatic carbocycles. The molecule has 2 aromatic carbocycles. The van der Waals surface area contributed by atoms with Gasteiger partial charge < -0.3 is 24.6 Å². The number of imidazole rings is 2. The van der Waals surface area contributed by atoms with Crippen LogP contribution in [0.4, 0.5) is 4.79 Å². The van der Waals surface area contributed by atoms with E-state index in [-0.39, 0.29) is 0 Å². The van der Waals surface area contributed by atoms with Gasteiger partial charge in [0.1, 0.15) is 16.9 Å². The van der Waals surface area contributed by atoms with E-state index in [2.05, 4.69) is 27.4 Å². The van der Waals surface area contributed by atoms with Gasteiger partial charge in [-0.3, -0.25) is 0 Å². The van der Waals surface area contributed by atoms with E-state index in [4.69, 9.17) is 10.5 Å². The van der Waals surface area contributed by atoms with Gasteiger partial charge in [0.15, 0.2) is 0 Å². The molecule has 8 nitrogen and oxygen atoms in total. The predicted molar refractivity (Wildman–Crippen MR) is 162 cm³/mol. The monoisotopic (exact) mass is 546 g/mol. The second-order valence-electron chi connectivity index (χ2n) is 10.6. The summed E-state index contributed by atoms with van der Waals surface area (Å²) in [6.45, 7) is 6.54. The summed E-state index contributed by atoms with van der Waals surface area (Å²) in [7, 11) is 0. The van der Waals surface area contributed by atoms with Gasteiger partial charge in [0, 0.05) is 49.0 Å². The Hall–Kier alpha value is -4.95. The lowest BCUT2D eigenvalue weighted by atomic mass is 10.1. The number of amides is 1. The normalized spacial score (nSPS) is 11.2. The number of benzene rings is 2. The van der Waals surface area contributed by atoms with Crippen LogP contribution < -0.4 is 11.1 Å². The van der Waals surface area contributed by atoms with Crippen molar-refractivity contribution in [2.24, 2.45) is 5.73 Å². The Labute approximate surface area is 239 Å². The maximum absolute atomic E-state index is 11.7. The number of alkyl carbamates (subject to hydrolysis) is 1. The Kier molecular flexibility index (Phi) is 8.12. The Morgan fingerprint density at radius 1 is 0.756 bits per heavy atom. The number of rotatable bonds is 5. The first-order valence-corrected chi connectivity index (χ1v) is 13.5. The number of nitrogens with zero attached hydrogens (tertiary/aromatic N) is 4. The number of nitrogens with two attached hydrogens (primary N) is 1. The summed E-state index contributed by atoms with van der Waals surface area (Å²) >= 11 is 0. The van der Waals surface area contributed by atoms with Crippen LogP contribution in [0.3, 0.4) is 0 Å². The van der Waals surface area contributed by atoms with Gasteiger partial charge >= 0.3 is 6.09 Å². The number of nitrogens with one attached hydrogen (secondary N) is 1. The van der Waals surface area contributed by atoms with E-state index in [1.165, 1.54) is 0 Å². The fourth-order valence-electron chi connectivity index (χ4n) is 4.24. The van der Waals surface area contributed by atoms with Crippen molar-refractivity contribution in [2.75, 3.05) is 0 Å². The van der Waals surface area contributed by atoms with Crippen LogP contribution >= 0.6 is 0 Å². The zero-order valence-corrected chi connectivity index (χ0v) is 23.5. The quantitative estimate of drug-likeness (QED) is 0.258. The standard InChI is InChI=1S/C19H21N3O2.C14H13N3/c1-19(2,3)24-18(23)20-12-14-7-9-15(10-8-14)16-13-22-11-5-4-6-17(22)21-16;15-9-11-4-6-12(7-5-11)13-10-17-8-2-1-3-14(17)16-13/h4-11,13H,12H2,1-3H3,(H,20,23);1-8,10H,9,15H2. The average molecular weight is 547 g/mol. The van der Waals surface area contributed by atoms with Crippen molar-refractivity contribution < 1.29 is 9.53 Å². The first kappa shape index (κ1) is 27.6. The highest BCUT2D eigenvalue weighted by atomic mass is 16.6. The van der Waals surface area contributed by atoms with Crippen LogP contribution in [0.25, 0.3) is 33.8 Å². The Morgan fingerprint density at radius 2 is 1.24 bits per heavy atom. The topological polar surface area (TPSA) is 98.9 Å². The molecule has 0 spiro atoms. The largest absolute Gasteiger partial charge is 0.444 e. The summed E-state index contributed by atoms with van der Waals surface area (Å²) in [6.07, 6.45) is 7.60. The van der Waals surface area contributed by atoms with Gasteiger partial charge in [0.05, 0.1) is 11.4 Å². The zero-order chi connectivity index (χ0) is 28.8. The number of hydrogen-bond donors (Lipinski definition) is 2. The van der Waals surface area contributed by atoms with Crippen molar-refractivity contribution in [3.63, 3.8) is 0 Å². The average Bonchev–Trinajstić information content (AvgIpc) is 3.61. The van der Waals surface area contributed by atoms with Gasteiger partial charge in [-0.05, 0) is 56.2 Å². The molecule has 8 heteroatoms. The highest BCUT2D eigenvalue weighted by molar-refractivity contribution is 5.68. The van der Waals surface area contributed by atoms with E-state index in [1.807, 2.05) is 127 Å². The predicted octanol–water partition coefficient (Wildman–Crippen LogP) is 6.49.